The van der Waals surface area contributed by atoms with Crippen molar-refractivity contribution in [2.24, 2.45) is 0 Å². The maximum absolute atomic E-state index is 5.60. The van der Waals surface area contributed by atoms with Crippen molar-refractivity contribution in [1.29, 1.82) is 0 Å². The fraction of sp³-hybridized carbons (Fsp3) is 0.200. The molecule has 0 N–H and O–H groups in total. The van der Waals surface area contributed by atoms with E-state index in [0.29, 0.717) is 6.61 Å². The van der Waals surface area contributed by atoms with E-state index in [0.717, 1.165) is 23.7 Å². The van der Waals surface area contributed by atoms with Gasteiger partial charge >= 0.3 is 0 Å². The maximum Gasteiger partial charge on any atom is 0.143 e. The summed E-state index contributed by atoms with van der Waals surface area (Å²) in [7, 11) is 0. The van der Waals surface area contributed by atoms with Crippen molar-refractivity contribution >= 4 is 0 Å². The van der Waals surface area contributed by atoms with Gasteiger partial charge in [0.05, 0.1) is 12.3 Å². The lowest BCUT2D eigenvalue weighted by atomic mass is 10.3. The Bertz CT molecular complexity index is 464. The van der Waals surface area contributed by atoms with E-state index >= 15 is 0 Å². The number of para-hydroxylation sites is 2. The zero-order valence-electron chi connectivity index (χ0n) is 7.55. The fourth-order valence-electron chi connectivity index (χ4n) is 1.66. The minimum Gasteiger partial charge on any atom is -0.491 e. The SMILES string of the molecule is c1ccc2c(c1)OCCc1nncn1-2. The van der Waals surface area contributed by atoms with Crippen molar-refractivity contribution in [3.8, 4) is 11.4 Å². The Labute approximate surface area is 81.2 Å². The van der Waals surface area contributed by atoms with Crippen molar-refractivity contribution in [2.75, 3.05) is 6.61 Å². The van der Waals surface area contributed by atoms with E-state index in [-0.39, 0.29) is 0 Å². The van der Waals surface area contributed by atoms with Crippen LogP contribution in [0.5, 0.6) is 5.75 Å². The zero-order chi connectivity index (χ0) is 9.38. The molecule has 2 heterocycles. The molecule has 4 nitrogen and oxygen atoms in total. The van der Waals surface area contributed by atoms with Crippen LogP contribution in [-0.2, 0) is 6.42 Å². The van der Waals surface area contributed by atoms with Gasteiger partial charge < -0.3 is 4.74 Å². The molecule has 0 saturated heterocycles. The van der Waals surface area contributed by atoms with Crippen LogP contribution in [0.25, 0.3) is 5.69 Å². The van der Waals surface area contributed by atoms with Crippen LogP contribution in [-0.4, -0.2) is 21.4 Å². The number of rotatable bonds is 0. The highest BCUT2D eigenvalue weighted by Gasteiger charge is 2.14. The predicted octanol–water partition coefficient (Wildman–Crippen LogP) is 1.20. The monoisotopic (exact) mass is 187 g/mol. The molecule has 1 aromatic carbocycles. The van der Waals surface area contributed by atoms with Gasteiger partial charge in [-0.2, -0.15) is 0 Å². The highest BCUT2D eigenvalue weighted by molar-refractivity contribution is 5.47. The van der Waals surface area contributed by atoms with Gasteiger partial charge in [-0.25, -0.2) is 0 Å². The lowest BCUT2D eigenvalue weighted by Gasteiger charge is -2.06. The first kappa shape index (κ1) is 7.55. The highest BCUT2D eigenvalue weighted by atomic mass is 16.5. The molecule has 0 atom stereocenters. The lowest BCUT2D eigenvalue weighted by molar-refractivity contribution is 0.325. The van der Waals surface area contributed by atoms with E-state index < -0.39 is 0 Å². The highest BCUT2D eigenvalue weighted by Crippen LogP contribution is 2.25. The van der Waals surface area contributed by atoms with Crippen molar-refractivity contribution in [2.45, 2.75) is 6.42 Å². The second kappa shape index (κ2) is 2.83. The molecule has 0 amide bonds. The van der Waals surface area contributed by atoms with Crippen LogP contribution in [0.3, 0.4) is 0 Å². The van der Waals surface area contributed by atoms with E-state index in [1.54, 1.807) is 6.33 Å². The Morgan fingerprint density at radius 2 is 2.21 bits per heavy atom. The van der Waals surface area contributed by atoms with Crippen molar-refractivity contribution in [3.05, 3.63) is 36.4 Å². The van der Waals surface area contributed by atoms with E-state index in [2.05, 4.69) is 10.2 Å². The molecule has 2 aromatic rings. The minimum absolute atomic E-state index is 0.662. The second-order valence-corrected chi connectivity index (χ2v) is 3.18. The van der Waals surface area contributed by atoms with Crippen LogP contribution in [0.1, 0.15) is 5.82 Å². The summed E-state index contributed by atoms with van der Waals surface area (Å²) in [5.74, 6) is 1.85. The third kappa shape index (κ3) is 1.00. The Morgan fingerprint density at radius 1 is 1.29 bits per heavy atom. The van der Waals surface area contributed by atoms with Crippen LogP contribution in [0, 0.1) is 0 Å². The molecule has 0 bridgehead atoms. The Morgan fingerprint density at radius 3 is 3.21 bits per heavy atom. The quantitative estimate of drug-likeness (QED) is 0.622. The molecule has 1 aromatic heterocycles. The van der Waals surface area contributed by atoms with Crippen LogP contribution in [0.15, 0.2) is 30.6 Å². The maximum atomic E-state index is 5.60. The van der Waals surface area contributed by atoms with Crippen LogP contribution < -0.4 is 4.74 Å². The average molecular weight is 187 g/mol. The smallest absolute Gasteiger partial charge is 0.143 e. The topological polar surface area (TPSA) is 39.9 Å². The number of nitrogens with zero attached hydrogens (tertiary/aromatic N) is 3. The summed E-state index contributed by atoms with van der Waals surface area (Å²) in [5.41, 5.74) is 1.02. The molecular formula is C10H9N3O. The predicted molar refractivity (Wildman–Crippen MR) is 50.6 cm³/mol. The van der Waals surface area contributed by atoms with Crippen LogP contribution in [0.2, 0.25) is 0 Å². The minimum atomic E-state index is 0.662. The van der Waals surface area contributed by atoms with Gasteiger partial charge in [0.25, 0.3) is 0 Å². The molecule has 4 heteroatoms. The van der Waals surface area contributed by atoms with Crippen LogP contribution in [0.4, 0.5) is 0 Å². The van der Waals surface area contributed by atoms with Gasteiger partial charge in [-0.1, -0.05) is 12.1 Å². The van der Waals surface area contributed by atoms with Gasteiger partial charge in [-0.3, -0.25) is 4.57 Å². The fourth-order valence-corrected chi connectivity index (χ4v) is 1.66. The molecule has 3 rings (SSSR count). The molecule has 1 aliphatic heterocycles. The first-order chi connectivity index (χ1) is 6.95. The molecule has 14 heavy (non-hydrogen) atoms. The summed E-state index contributed by atoms with van der Waals surface area (Å²) in [6, 6.07) is 7.92. The molecular weight excluding hydrogens is 178 g/mol. The normalized spacial score (nSPS) is 13.7. The standard InChI is InChI=1S/C10H9N3O/c1-2-4-9-8(3-1)13-7-11-12-10(13)5-6-14-9/h1-4,7H,5-6H2. The average Bonchev–Trinajstić information content (AvgIpc) is 2.61. The molecule has 0 spiro atoms. The third-order valence-corrected chi connectivity index (χ3v) is 2.33. The van der Waals surface area contributed by atoms with Gasteiger partial charge in [-0.15, -0.1) is 10.2 Å². The summed E-state index contributed by atoms with van der Waals surface area (Å²) < 4.78 is 7.58. The summed E-state index contributed by atoms with van der Waals surface area (Å²) >= 11 is 0. The Hall–Kier alpha value is -1.84. The van der Waals surface area contributed by atoms with Gasteiger partial charge in [0.2, 0.25) is 0 Å². The molecule has 0 fully saturated rings. The van der Waals surface area contributed by atoms with Gasteiger partial charge in [-0.05, 0) is 12.1 Å². The Balaban J connectivity index is 2.27. The van der Waals surface area contributed by atoms with E-state index in [9.17, 15) is 0 Å². The Kier molecular flexibility index (Phi) is 1.53. The van der Waals surface area contributed by atoms with Crippen molar-refractivity contribution < 1.29 is 4.74 Å². The summed E-state index contributed by atoms with van der Waals surface area (Å²) in [5, 5.41) is 7.95. The molecule has 0 aliphatic carbocycles. The third-order valence-electron chi connectivity index (χ3n) is 2.33. The zero-order valence-corrected chi connectivity index (χ0v) is 7.55. The summed E-state index contributed by atoms with van der Waals surface area (Å²) in [4.78, 5) is 0. The number of benzene rings is 1. The largest absolute Gasteiger partial charge is 0.491 e. The van der Waals surface area contributed by atoms with Gasteiger partial charge in [0, 0.05) is 6.42 Å². The van der Waals surface area contributed by atoms with Crippen molar-refractivity contribution in [3.63, 3.8) is 0 Å². The molecule has 0 unspecified atom stereocenters. The number of hydrogen-bond acceptors (Lipinski definition) is 3. The number of ether oxygens (including phenoxy) is 1. The van der Waals surface area contributed by atoms with Crippen molar-refractivity contribution in [1.82, 2.24) is 14.8 Å². The van der Waals surface area contributed by atoms with Gasteiger partial charge in [0.1, 0.15) is 17.9 Å². The summed E-state index contributed by atoms with van der Waals surface area (Å²) in [6.07, 6.45) is 2.53. The second-order valence-electron chi connectivity index (χ2n) is 3.18. The number of hydrogen-bond donors (Lipinski definition) is 0. The molecule has 1 aliphatic rings. The molecule has 70 valence electrons. The first-order valence-corrected chi connectivity index (χ1v) is 4.56. The summed E-state index contributed by atoms with van der Waals surface area (Å²) in [6.45, 7) is 0.662. The van der Waals surface area contributed by atoms with Crippen LogP contribution >= 0.6 is 0 Å². The number of fused-ring (bicyclic) bond motifs is 3. The van der Waals surface area contributed by atoms with Gasteiger partial charge in [0.15, 0.2) is 0 Å². The first-order valence-electron chi connectivity index (χ1n) is 4.56. The lowest BCUT2D eigenvalue weighted by Crippen LogP contribution is -2.00. The van der Waals surface area contributed by atoms with E-state index in [1.807, 2.05) is 28.8 Å². The molecule has 0 saturated carbocycles. The number of aromatic nitrogens is 3. The van der Waals surface area contributed by atoms with E-state index in [1.165, 1.54) is 0 Å². The molecule has 0 radical (unpaired) electrons. The van der Waals surface area contributed by atoms with E-state index in [4.69, 9.17) is 4.74 Å².